The summed E-state index contributed by atoms with van der Waals surface area (Å²) in [4.78, 5) is 33.0. The first-order valence-corrected chi connectivity index (χ1v) is 9.67. The van der Waals surface area contributed by atoms with Crippen molar-refractivity contribution in [3.05, 3.63) is 71.9 Å². The Balaban J connectivity index is 1.91. The van der Waals surface area contributed by atoms with Crippen LogP contribution in [0.25, 0.3) is 11.4 Å². The van der Waals surface area contributed by atoms with Crippen molar-refractivity contribution in [2.45, 2.75) is 26.7 Å². The van der Waals surface area contributed by atoms with Gasteiger partial charge in [0.25, 0.3) is 5.91 Å². The summed E-state index contributed by atoms with van der Waals surface area (Å²) in [7, 11) is 0. The SMILES string of the molecule is CCCCNC(=O)c1cc(Nc2ccc(C(C)=O)cc2)nc(-c2ccccc2)n1. The molecule has 148 valence electrons. The topological polar surface area (TPSA) is 84.0 Å². The first-order chi connectivity index (χ1) is 14.1. The standard InChI is InChI=1S/C23H24N4O2/c1-3-4-14-24-23(29)20-15-21(25-19-12-10-17(11-13-19)16(2)28)27-22(26-20)18-8-6-5-7-9-18/h5-13,15H,3-4,14H2,1-2H3,(H,24,29)(H,25,26,27). The summed E-state index contributed by atoms with van der Waals surface area (Å²) in [5, 5.41) is 6.10. The Bertz CT molecular complexity index is 986. The number of rotatable bonds is 8. The lowest BCUT2D eigenvalue weighted by Crippen LogP contribution is -2.25. The molecule has 2 aromatic carbocycles. The van der Waals surface area contributed by atoms with Crippen LogP contribution in [0.4, 0.5) is 11.5 Å². The molecule has 0 unspecified atom stereocenters. The second-order valence-electron chi connectivity index (χ2n) is 6.70. The van der Waals surface area contributed by atoms with Gasteiger partial charge in [-0.15, -0.1) is 0 Å². The van der Waals surface area contributed by atoms with Crippen LogP contribution >= 0.6 is 0 Å². The van der Waals surface area contributed by atoms with Crippen molar-refractivity contribution in [3.63, 3.8) is 0 Å². The zero-order valence-corrected chi connectivity index (χ0v) is 16.6. The summed E-state index contributed by atoms with van der Waals surface area (Å²) < 4.78 is 0. The molecule has 6 heteroatoms. The molecule has 3 rings (SSSR count). The van der Waals surface area contributed by atoms with Crippen molar-refractivity contribution in [1.82, 2.24) is 15.3 Å². The fourth-order valence-corrected chi connectivity index (χ4v) is 2.75. The van der Waals surface area contributed by atoms with Crippen molar-refractivity contribution in [1.29, 1.82) is 0 Å². The number of anilines is 2. The minimum Gasteiger partial charge on any atom is -0.351 e. The number of carbonyl (C=O) groups is 2. The highest BCUT2D eigenvalue weighted by atomic mass is 16.1. The first-order valence-electron chi connectivity index (χ1n) is 9.67. The Hall–Kier alpha value is -3.54. The summed E-state index contributed by atoms with van der Waals surface area (Å²) >= 11 is 0. The van der Waals surface area contributed by atoms with Gasteiger partial charge in [-0.25, -0.2) is 9.97 Å². The van der Waals surface area contributed by atoms with Gasteiger partial charge in [0, 0.05) is 29.4 Å². The van der Waals surface area contributed by atoms with Crippen LogP contribution in [0.5, 0.6) is 0 Å². The number of unbranched alkanes of at least 4 members (excludes halogenated alkanes) is 1. The molecule has 0 radical (unpaired) electrons. The molecule has 0 spiro atoms. The van der Waals surface area contributed by atoms with Crippen molar-refractivity contribution in [3.8, 4) is 11.4 Å². The van der Waals surface area contributed by atoms with Crippen LogP contribution < -0.4 is 10.6 Å². The van der Waals surface area contributed by atoms with Gasteiger partial charge in [0.05, 0.1) is 0 Å². The lowest BCUT2D eigenvalue weighted by molar-refractivity contribution is 0.0947. The Labute approximate surface area is 170 Å². The summed E-state index contributed by atoms with van der Waals surface area (Å²) in [5.41, 5.74) is 2.53. The van der Waals surface area contributed by atoms with Gasteiger partial charge < -0.3 is 10.6 Å². The molecule has 3 aromatic rings. The van der Waals surface area contributed by atoms with Crippen LogP contribution in [0.3, 0.4) is 0 Å². The van der Waals surface area contributed by atoms with Crippen molar-refractivity contribution < 1.29 is 9.59 Å². The monoisotopic (exact) mass is 388 g/mol. The number of Topliss-reactive ketones (excluding diaryl/α,β-unsaturated/α-hetero) is 1. The van der Waals surface area contributed by atoms with Crippen molar-refractivity contribution >= 4 is 23.2 Å². The average molecular weight is 388 g/mol. The van der Waals surface area contributed by atoms with Gasteiger partial charge in [0.2, 0.25) is 0 Å². The molecule has 1 aromatic heterocycles. The Kier molecular flexibility index (Phi) is 6.68. The summed E-state index contributed by atoms with van der Waals surface area (Å²) in [6.45, 7) is 4.21. The number of nitrogens with zero attached hydrogens (tertiary/aromatic N) is 2. The molecule has 0 bridgehead atoms. The minimum atomic E-state index is -0.229. The van der Waals surface area contributed by atoms with Gasteiger partial charge in [-0.3, -0.25) is 9.59 Å². The lowest BCUT2D eigenvalue weighted by Gasteiger charge is -2.11. The van der Waals surface area contributed by atoms with E-state index >= 15 is 0 Å². The number of benzene rings is 2. The lowest BCUT2D eigenvalue weighted by atomic mass is 10.1. The number of aromatic nitrogens is 2. The highest BCUT2D eigenvalue weighted by molar-refractivity contribution is 5.95. The highest BCUT2D eigenvalue weighted by Gasteiger charge is 2.13. The second-order valence-corrected chi connectivity index (χ2v) is 6.70. The van der Waals surface area contributed by atoms with E-state index in [1.165, 1.54) is 6.92 Å². The van der Waals surface area contributed by atoms with Gasteiger partial charge in [-0.1, -0.05) is 43.7 Å². The fourth-order valence-electron chi connectivity index (χ4n) is 2.75. The normalized spacial score (nSPS) is 10.4. The molecule has 1 heterocycles. The third kappa shape index (κ3) is 5.48. The van der Waals surface area contributed by atoms with Gasteiger partial charge in [-0.05, 0) is 37.6 Å². The zero-order chi connectivity index (χ0) is 20.6. The van der Waals surface area contributed by atoms with E-state index in [0.29, 0.717) is 29.4 Å². The Morgan fingerprint density at radius 1 is 0.966 bits per heavy atom. The number of ketones is 1. The van der Waals surface area contributed by atoms with E-state index in [-0.39, 0.29) is 11.7 Å². The summed E-state index contributed by atoms with van der Waals surface area (Å²) in [6.07, 6.45) is 1.92. The molecule has 0 saturated heterocycles. The maximum atomic E-state index is 12.6. The van der Waals surface area contributed by atoms with Crippen molar-refractivity contribution in [2.75, 3.05) is 11.9 Å². The molecule has 0 saturated carbocycles. The summed E-state index contributed by atoms with van der Waals surface area (Å²) in [5.74, 6) is 0.760. The van der Waals surface area contributed by atoms with E-state index in [0.717, 1.165) is 24.1 Å². The summed E-state index contributed by atoms with van der Waals surface area (Å²) in [6, 6.07) is 18.3. The number of hydrogen-bond donors (Lipinski definition) is 2. The van der Waals surface area contributed by atoms with Crippen LogP contribution in [0.15, 0.2) is 60.7 Å². The first kappa shape index (κ1) is 20.2. The van der Waals surface area contributed by atoms with Gasteiger partial charge in [0.1, 0.15) is 11.5 Å². The van der Waals surface area contributed by atoms with E-state index in [2.05, 4.69) is 27.5 Å². The molecule has 2 N–H and O–H groups in total. The quantitative estimate of drug-likeness (QED) is 0.434. The molecule has 1 amide bonds. The maximum Gasteiger partial charge on any atom is 0.270 e. The van der Waals surface area contributed by atoms with Crippen LogP contribution in [0, 0.1) is 0 Å². The molecule has 0 fully saturated rings. The maximum absolute atomic E-state index is 12.6. The largest absolute Gasteiger partial charge is 0.351 e. The number of hydrogen-bond acceptors (Lipinski definition) is 5. The molecule has 29 heavy (non-hydrogen) atoms. The van der Waals surface area contributed by atoms with Crippen LogP contribution in [-0.2, 0) is 0 Å². The van der Waals surface area contributed by atoms with E-state index in [1.54, 1.807) is 18.2 Å². The van der Waals surface area contributed by atoms with Gasteiger partial charge in [0.15, 0.2) is 11.6 Å². The van der Waals surface area contributed by atoms with Crippen LogP contribution in [-0.4, -0.2) is 28.2 Å². The third-order valence-corrected chi connectivity index (χ3v) is 4.37. The average Bonchev–Trinajstić information content (AvgIpc) is 2.74. The predicted octanol–water partition coefficient (Wildman–Crippen LogP) is 4.62. The highest BCUT2D eigenvalue weighted by Crippen LogP contribution is 2.21. The van der Waals surface area contributed by atoms with Crippen LogP contribution in [0.2, 0.25) is 0 Å². The van der Waals surface area contributed by atoms with Gasteiger partial charge >= 0.3 is 0 Å². The minimum absolute atomic E-state index is 0.0102. The molecule has 0 atom stereocenters. The predicted molar refractivity (Wildman–Crippen MR) is 114 cm³/mol. The number of amides is 1. The zero-order valence-electron chi connectivity index (χ0n) is 16.6. The van der Waals surface area contributed by atoms with Crippen molar-refractivity contribution in [2.24, 2.45) is 0 Å². The van der Waals surface area contributed by atoms with Gasteiger partial charge in [-0.2, -0.15) is 0 Å². The molecule has 6 nitrogen and oxygen atoms in total. The Morgan fingerprint density at radius 2 is 1.69 bits per heavy atom. The Morgan fingerprint density at radius 3 is 2.34 bits per heavy atom. The van der Waals surface area contributed by atoms with E-state index in [9.17, 15) is 9.59 Å². The number of carbonyl (C=O) groups excluding carboxylic acids is 2. The molecule has 0 aliphatic carbocycles. The second kappa shape index (κ2) is 9.59. The van der Waals surface area contributed by atoms with E-state index < -0.39 is 0 Å². The number of nitrogens with one attached hydrogen (secondary N) is 2. The van der Waals surface area contributed by atoms with E-state index in [1.807, 2.05) is 42.5 Å². The fraction of sp³-hybridized carbons (Fsp3) is 0.217. The van der Waals surface area contributed by atoms with Crippen LogP contribution in [0.1, 0.15) is 47.5 Å². The molecule has 0 aliphatic heterocycles. The third-order valence-electron chi connectivity index (χ3n) is 4.37. The van der Waals surface area contributed by atoms with E-state index in [4.69, 9.17) is 0 Å². The molecular weight excluding hydrogens is 364 g/mol. The molecule has 0 aliphatic rings. The smallest absolute Gasteiger partial charge is 0.270 e. The molecular formula is C23H24N4O2.